The van der Waals surface area contributed by atoms with Crippen molar-refractivity contribution >= 4 is 32.8 Å². The maximum Gasteiger partial charge on any atom is 0.192 e. The molecule has 4 heteroatoms. The second-order valence-corrected chi connectivity index (χ2v) is 4.01. The number of halogens is 1. The van der Waals surface area contributed by atoms with Crippen LogP contribution in [0.1, 0.15) is 23.2 Å². The lowest BCUT2D eigenvalue weighted by atomic mass is 10.1. The molecule has 1 aromatic heterocycles. The van der Waals surface area contributed by atoms with Gasteiger partial charge >= 0.3 is 0 Å². The molecule has 0 saturated carbocycles. The highest BCUT2D eigenvalue weighted by atomic mass is 79.9. The maximum absolute atomic E-state index is 11.3. The molecule has 0 aliphatic rings. The summed E-state index contributed by atoms with van der Waals surface area (Å²) < 4.78 is 6.20. The van der Waals surface area contributed by atoms with E-state index < -0.39 is 0 Å². The summed E-state index contributed by atoms with van der Waals surface area (Å²) in [4.78, 5) is 15.5. The van der Waals surface area contributed by atoms with Crippen LogP contribution in [0.2, 0.25) is 0 Å². The summed E-state index contributed by atoms with van der Waals surface area (Å²) in [5, 5.41) is 0. The lowest BCUT2D eigenvalue weighted by Crippen LogP contribution is -1.92. The molecule has 2 rings (SSSR count). The summed E-state index contributed by atoms with van der Waals surface area (Å²) in [5.74, 6) is 0.549. The zero-order valence-electron chi connectivity index (χ0n) is 7.80. The molecular formula is C10H8BrNO2. The van der Waals surface area contributed by atoms with Gasteiger partial charge in [0.25, 0.3) is 0 Å². The normalized spacial score (nSPS) is 10.8. The van der Waals surface area contributed by atoms with Gasteiger partial charge in [0.1, 0.15) is 5.52 Å². The maximum atomic E-state index is 11.3. The van der Waals surface area contributed by atoms with Crippen LogP contribution in [0.15, 0.2) is 21.0 Å². The summed E-state index contributed by atoms with van der Waals surface area (Å²) >= 11 is 3.33. The Balaban J connectivity index is 2.85. The first-order valence-electron chi connectivity index (χ1n) is 4.15. The highest BCUT2D eigenvalue weighted by Gasteiger charge is 2.12. The Kier molecular flexibility index (Phi) is 2.15. The van der Waals surface area contributed by atoms with E-state index in [2.05, 4.69) is 20.9 Å². The molecule has 0 radical (unpaired) electrons. The van der Waals surface area contributed by atoms with Crippen molar-refractivity contribution < 1.29 is 9.21 Å². The molecule has 2 aromatic rings. The first kappa shape index (κ1) is 9.40. The van der Waals surface area contributed by atoms with Gasteiger partial charge in [-0.05, 0) is 19.1 Å². The molecule has 1 heterocycles. The van der Waals surface area contributed by atoms with E-state index in [0.717, 1.165) is 4.47 Å². The van der Waals surface area contributed by atoms with Gasteiger partial charge in [0.15, 0.2) is 17.3 Å². The average Bonchev–Trinajstić information content (AvgIpc) is 2.42. The molecule has 1 aromatic carbocycles. The lowest BCUT2D eigenvalue weighted by Gasteiger charge is -1.96. The quantitative estimate of drug-likeness (QED) is 0.734. The number of carbonyl (C=O) groups excluding carboxylic acids is 1. The van der Waals surface area contributed by atoms with Gasteiger partial charge in [-0.2, -0.15) is 0 Å². The third kappa shape index (κ3) is 1.46. The third-order valence-electron chi connectivity index (χ3n) is 1.94. The van der Waals surface area contributed by atoms with E-state index in [-0.39, 0.29) is 5.78 Å². The molecule has 0 saturated heterocycles. The molecule has 0 atom stereocenters. The van der Waals surface area contributed by atoms with E-state index in [4.69, 9.17) is 4.42 Å². The number of hydrogen-bond donors (Lipinski definition) is 0. The summed E-state index contributed by atoms with van der Waals surface area (Å²) in [6.07, 6.45) is 0. The van der Waals surface area contributed by atoms with Crippen molar-refractivity contribution in [2.45, 2.75) is 13.8 Å². The lowest BCUT2D eigenvalue weighted by molar-refractivity contribution is 0.101. The van der Waals surface area contributed by atoms with Crippen molar-refractivity contribution in [3.8, 4) is 0 Å². The number of Topliss-reactive ketones (excluding diaryl/α,β-unsaturated/α-hetero) is 1. The third-order valence-corrected chi connectivity index (χ3v) is 2.40. The number of aromatic nitrogens is 1. The van der Waals surface area contributed by atoms with Gasteiger partial charge in [-0.3, -0.25) is 4.79 Å². The Labute approximate surface area is 89.3 Å². The zero-order valence-corrected chi connectivity index (χ0v) is 9.38. The monoisotopic (exact) mass is 253 g/mol. The minimum Gasteiger partial charge on any atom is -0.440 e. The molecule has 0 amide bonds. The second-order valence-electron chi connectivity index (χ2n) is 3.09. The van der Waals surface area contributed by atoms with E-state index in [1.807, 2.05) is 6.07 Å². The topological polar surface area (TPSA) is 43.1 Å². The molecule has 0 N–H and O–H groups in total. The molecule has 0 aliphatic carbocycles. The molecule has 0 aliphatic heterocycles. The predicted molar refractivity (Wildman–Crippen MR) is 56.5 cm³/mol. The summed E-state index contributed by atoms with van der Waals surface area (Å²) in [7, 11) is 0. The number of oxazole rings is 1. The average molecular weight is 254 g/mol. The van der Waals surface area contributed by atoms with Crippen LogP contribution in [0.25, 0.3) is 11.1 Å². The fourth-order valence-electron chi connectivity index (χ4n) is 1.37. The predicted octanol–water partition coefficient (Wildman–Crippen LogP) is 3.10. The summed E-state index contributed by atoms with van der Waals surface area (Å²) in [6, 6.07) is 3.58. The van der Waals surface area contributed by atoms with Gasteiger partial charge < -0.3 is 4.42 Å². The summed E-state index contributed by atoms with van der Waals surface area (Å²) in [5.41, 5.74) is 1.84. The van der Waals surface area contributed by atoms with Crippen molar-refractivity contribution in [2.75, 3.05) is 0 Å². The SMILES string of the molecule is CC(=O)c1cc(Br)cc2nc(C)oc12. The number of fused-ring (bicyclic) bond motifs is 1. The number of hydrogen-bond acceptors (Lipinski definition) is 3. The highest BCUT2D eigenvalue weighted by molar-refractivity contribution is 9.10. The van der Waals surface area contributed by atoms with Crippen LogP contribution in [0.5, 0.6) is 0 Å². The van der Waals surface area contributed by atoms with E-state index in [1.165, 1.54) is 6.92 Å². The van der Waals surface area contributed by atoms with Crippen LogP contribution in [0.3, 0.4) is 0 Å². The number of nitrogens with zero attached hydrogens (tertiary/aromatic N) is 1. The first-order chi connectivity index (χ1) is 6.58. The molecule has 72 valence electrons. The Morgan fingerprint density at radius 2 is 2.21 bits per heavy atom. The smallest absolute Gasteiger partial charge is 0.192 e. The van der Waals surface area contributed by atoms with Crippen molar-refractivity contribution in [2.24, 2.45) is 0 Å². The number of rotatable bonds is 1. The molecular weight excluding hydrogens is 246 g/mol. The zero-order chi connectivity index (χ0) is 10.3. The van der Waals surface area contributed by atoms with Crippen LogP contribution in [-0.2, 0) is 0 Å². The van der Waals surface area contributed by atoms with Gasteiger partial charge in [-0.15, -0.1) is 0 Å². The minimum atomic E-state index is -0.0209. The van der Waals surface area contributed by atoms with Crippen LogP contribution in [0, 0.1) is 6.92 Å². The second kappa shape index (κ2) is 3.20. The molecule has 0 bridgehead atoms. The molecule has 0 unspecified atom stereocenters. The number of benzene rings is 1. The van der Waals surface area contributed by atoms with Gasteiger partial charge in [0, 0.05) is 11.4 Å². The minimum absolute atomic E-state index is 0.0209. The van der Waals surface area contributed by atoms with Crippen molar-refractivity contribution in [1.29, 1.82) is 0 Å². The fraction of sp³-hybridized carbons (Fsp3) is 0.200. The highest BCUT2D eigenvalue weighted by Crippen LogP contribution is 2.25. The fourth-order valence-corrected chi connectivity index (χ4v) is 1.82. The molecule has 14 heavy (non-hydrogen) atoms. The Morgan fingerprint density at radius 3 is 2.86 bits per heavy atom. The standard InChI is InChI=1S/C10H8BrNO2/c1-5(13)8-3-7(11)4-9-10(8)14-6(2)12-9/h3-4H,1-2H3. The Morgan fingerprint density at radius 1 is 1.50 bits per heavy atom. The van der Waals surface area contributed by atoms with Crippen molar-refractivity contribution in [3.63, 3.8) is 0 Å². The van der Waals surface area contributed by atoms with Crippen LogP contribution in [-0.4, -0.2) is 10.8 Å². The van der Waals surface area contributed by atoms with Crippen molar-refractivity contribution in [3.05, 3.63) is 28.1 Å². The van der Waals surface area contributed by atoms with E-state index in [0.29, 0.717) is 22.6 Å². The number of carbonyl (C=O) groups is 1. The number of ketones is 1. The van der Waals surface area contributed by atoms with Crippen LogP contribution in [0.4, 0.5) is 0 Å². The Bertz CT molecular complexity index is 516. The first-order valence-corrected chi connectivity index (χ1v) is 4.95. The Hall–Kier alpha value is -1.16. The van der Waals surface area contributed by atoms with E-state index in [9.17, 15) is 4.79 Å². The molecule has 3 nitrogen and oxygen atoms in total. The van der Waals surface area contributed by atoms with Gasteiger partial charge in [-0.1, -0.05) is 15.9 Å². The van der Waals surface area contributed by atoms with Crippen molar-refractivity contribution in [1.82, 2.24) is 4.98 Å². The van der Waals surface area contributed by atoms with Crippen LogP contribution >= 0.6 is 15.9 Å². The largest absolute Gasteiger partial charge is 0.440 e. The van der Waals surface area contributed by atoms with E-state index in [1.54, 1.807) is 13.0 Å². The van der Waals surface area contributed by atoms with Crippen LogP contribution < -0.4 is 0 Å². The number of aryl methyl sites for hydroxylation is 1. The van der Waals surface area contributed by atoms with Gasteiger partial charge in [-0.25, -0.2) is 4.98 Å². The summed E-state index contributed by atoms with van der Waals surface area (Å²) in [6.45, 7) is 3.27. The molecule has 0 fully saturated rings. The van der Waals surface area contributed by atoms with Gasteiger partial charge in [0.05, 0.1) is 5.56 Å². The van der Waals surface area contributed by atoms with E-state index >= 15 is 0 Å². The molecule has 0 spiro atoms. The van der Waals surface area contributed by atoms with Gasteiger partial charge in [0.2, 0.25) is 0 Å².